The Morgan fingerprint density at radius 2 is 0.865 bits per heavy atom. The molecule has 0 N–H and O–H groups in total. The van der Waals surface area contributed by atoms with Crippen LogP contribution in [-0.4, -0.2) is 27.1 Å². The Balaban J connectivity index is 0.000000235. The summed E-state index contributed by atoms with van der Waals surface area (Å²) in [6.45, 7) is 1.48. The number of hydrogen-bond acceptors (Lipinski definition) is 7. The zero-order chi connectivity index (χ0) is 37.0. The fourth-order valence-electron chi connectivity index (χ4n) is 5.51. The van der Waals surface area contributed by atoms with Gasteiger partial charge < -0.3 is 14.7 Å². The van der Waals surface area contributed by atoms with Gasteiger partial charge in [-0.2, -0.15) is 10.5 Å². The van der Waals surface area contributed by atoms with Gasteiger partial charge in [-0.15, -0.1) is 0 Å². The van der Waals surface area contributed by atoms with Crippen LogP contribution in [0, 0.1) is 22.7 Å². The molecular formula is C42H47BN4O5. The molecule has 0 radical (unpaired) electrons. The lowest BCUT2D eigenvalue weighted by molar-refractivity contribution is -0.891. The van der Waals surface area contributed by atoms with Gasteiger partial charge in [0, 0.05) is 58.6 Å². The minimum atomic E-state index is -2.23. The standard InChI is InChI=1S/C22H21BO3.2C10H13N2O/c24-23(25)26-18-10-17-22(19-11-4-1-5-12-19,20-13-6-2-7-14-20)21-15-8-3-9-16-21;2*11-7-3-1-6-10-13-12-8-4-2-5-9-12/h1-9,11-16H,10,17-18H2;2*2,4-5,8-9H,1,3,6,10H2/q-2;2*+1. The Morgan fingerprint density at radius 1 is 0.500 bits per heavy atom. The molecule has 0 fully saturated rings. The fraction of sp³-hybridized carbons (Fsp3) is 0.286. The summed E-state index contributed by atoms with van der Waals surface area (Å²) in [6.07, 6.45) is 13.6. The normalized spacial score (nSPS) is 10.2. The monoisotopic (exact) mass is 698 g/mol. The first-order chi connectivity index (χ1) is 25.6. The molecule has 0 aliphatic heterocycles. The van der Waals surface area contributed by atoms with Crippen molar-refractivity contribution in [1.82, 2.24) is 0 Å². The highest BCUT2D eigenvalue weighted by Crippen LogP contribution is 2.42. The maximum absolute atomic E-state index is 10.7. The maximum atomic E-state index is 10.7. The summed E-state index contributed by atoms with van der Waals surface area (Å²) in [7, 11) is -2.23. The van der Waals surface area contributed by atoms with Gasteiger partial charge in [-0.05, 0) is 55.2 Å². The number of nitrogens with zero attached hydrogens (tertiary/aromatic N) is 4. The van der Waals surface area contributed by atoms with Crippen molar-refractivity contribution in [1.29, 1.82) is 10.5 Å². The first-order valence-electron chi connectivity index (χ1n) is 17.6. The third kappa shape index (κ3) is 15.2. The lowest BCUT2D eigenvalue weighted by Crippen LogP contribution is -2.48. The smallest absolute Gasteiger partial charge is 0.222 e. The Kier molecular flexibility index (Phi) is 20.0. The number of hydrogen-bond donors (Lipinski definition) is 0. The SMILES string of the molecule is N#CCCCCO[n+]1ccccc1.N#CCCCCO[n+]1ccccc1.[O-]B([O-])OCCCC(c1ccccc1)(c1ccccc1)c1ccccc1. The molecule has 5 aromatic rings. The van der Waals surface area contributed by atoms with Gasteiger partial charge in [0.25, 0.3) is 0 Å². The molecule has 2 heterocycles. The van der Waals surface area contributed by atoms with Crippen molar-refractivity contribution in [2.75, 3.05) is 19.8 Å². The molecule has 0 spiro atoms. The van der Waals surface area contributed by atoms with Crippen molar-refractivity contribution < 1.29 is 33.8 Å². The van der Waals surface area contributed by atoms with Gasteiger partial charge in [-0.25, -0.2) is 0 Å². The summed E-state index contributed by atoms with van der Waals surface area (Å²) in [5, 5.41) is 37.9. The fourth-order valence-corrected chi connectivity index (χ4v) is 5.51. The van der Waals surface area contributed by atoms with E-state index < -0.39 is 7.32 Å². The maximum Gasteiger partial charge on any atom is 0.222 e. The first-order valence-corrected chi connectivity index (χ1v) is 17.6. The van der Waals surface area contributed by atoms with E-state index in [0.29, 0.717) is 32.5 Å². The van der Waals surface area contributed by atoms with Gasteiger partial charge in [0.15, 0.2) is 13.2 Å². The molecule has 10 heteroatoms. The van der Waals surface area contributed by atoms with E-state index in [-0.39, 0.29) is 12.0 Å². The summed E-state index contributed by atoms with van der Waals surface area (Å²) in [5.74, 6) is 0. The van der Waals surface area contributed by atoms with Gasteiger partial charge >= 0.3 is 0 Å². The van der Waals surface area contributed by atoms with E-state index in [2.05, 4.69) is 48.5 Å². The predicted molar refractivity (Wildman–Crippen MR) is 195 cm³/mol. The molecule has 0 aliphatic carbocycles. The summed E-state index contributed by atoms with van der Waals surface area (Å²) < 4.78 is 8.08. The molecule has 0 saturated carbocycles. The van der Waals surface area contributed by atoms with E-state index in [1.165, 1.54) is 16.7 Å². The van der Waals surface area contributed by atoms with Gasteiger partial charge in [0.2, 0.25) is 24.8 Å². The van der Waals surface area contributed by atoms with Crippen LogP contribution in [0.3, 0.4) is 0 Å². The van der Waals surface area contributed by atoms with Crippen LogP contribution < -0.4 is 29.2 Å². The Bertz CT molecular complexity index is 1530. The largest absolute Gasteiger partial charge is 0.871 e. The van der Waals surface area contributed by atoms with Gasteiger partial charge in [0.1, 0.15) is 0 Å². The second kappa shape index (κ2) is 25.4. The number of rotatable bonds is 18. The van der Waals surface area contributed by atoms with Crippen molar-refractivity contribution in [3.8, 4) is 12.1 Å². The summed E-state index contributed by atoms with van der Waals surface area (Å²) in [6, 6.07) is 46.8. The lowest BCUT2D eigenvalue weighted by Gasteiger charge is -2.37. The van der Waals surface area contributed by atoms with Crippen LogP contribution in [0.4, 0.5) is 0 Å². The topological polar surface area (TPSA) is 129 Å². The quantitative estimate of drug-likeness (QED) is 0.0561. The number of pyridine rings is 2. The zero-order valence-electron chi connectivity index (χ0n) is 29.6. The van der Waals surface area contributed by atoms with Crippen molar-refractivity contribution in [3.05, 3.63) is 169 Å². The second-order valence-corrected chi connectivity index (χ2v) is 11.6. The van der Waals surface area contributed by atoms with Crippen LogP contribution in [-0.2, 0) is 10.1 Å². The second-order valence-electron chi connectivity index (χ2n) is 11.6. The van der Waals surface area contributed by atoms with Crippen molar-refractivity contribution in [2.24, 2.45) is 0 Å². The number of benzene rings is 3. The van der Waals surface area contributed by atoms with E-state index in [1.807, 2.05) is 116 Å². The number of aromatic nitrogens is 2. The molecule has 0 amide bonds. The Labute approximate surface area is 308 Å². The minimum Gasteiger partial charge on any atom is -0.871 e. The van der Waals surface area contributed by atoms with Crippen LogP contribution in [0.15, 0.2) is 152 Å². The average Bonchev–Trinajstić information content (AvgIpc) is 3.20. The Hall–Kier alpha value is -5.52. The molecule has 0 unspecified atom stereocenters. The first kappa shape index (κ1) is 40.9. The third-order valence-electron chi connectivity index (χ3n) is 7.97. The van der Waals surface area contributed by atoms with Crippen molar-refractivity contribution in [3.63, 3.8) is 0 Å². The highest BCUT2D eigenvalue weighted by molar-refractivity contribution is 6.28. The molecule has 52 heavy (non-hydrogen) atoms. The van der Waals surface area contributed by atoms with Crippen LogP contribution in [0.5, 0.6) is 0 Å². The molecule has 0 saturated heterocycles. The van der Waals surface area contributed by atoms with Gasteiger partial charge in [-0.1, -0.05) is 103 Å². The third-order valence-corrected chi connectivity index (χ3v) is 7.97. The summed E-state index contributed by atoms with van der Waals surface area (Å²) in [5.41, 5.74) is 3.17. The molecule has 268 valence electrons. The molecule has 0 aliphatic rings. The molecule has 0 atom stereocenters. The van der Waals surface area contributed by atoms with E-state index in [4.69, 9.17) is 24.9 Å². The lowest BCUT2D eigenvalue weighted by atomic mass is 9.67. The van der Waals surface area contributed by atoms with Crippen molar-refractivity contribution in [2.45, 2.75) is 56.8 Å². The zero-order valence-corrected chi connectivity index (χ0v) is 29.6. The molecule has 3 aromatic carbocycles. The summed E-state index contributed by atoms with van der Waals surface area (Å²) >= 11 is 0. The highest BCUT2D eigenvalue weighted by Gasteiger charge is 2.35. The minimum absolute atomic E-state index is 0.159. The van der Waals surface area contributed by atoms with E-state index >= 15 is 0 Å². The average molecular weight is 699 g/mol. The highest BCUT2D eigenvalue weighted by atomic mass is 16.7. The van der Waals surface area contributed by atoms with Gasteiger partial charge in [0.05, 0.1) is 19.5 Å². The van der Waals surface area contributed by atoms with E-state index in [1.54, 1.807) is 9.46 Å². The molecule has 5 rings (SSSR count). The van der Waals surface area contributed by atoms with Crippen molar-refractivity contribution >= 4 is 7.32 Å². The number of nitriles is 2. The van der Waals surface area contributed by atoms with Crippen LogP contribution in [0.25, 0.3) is 0 Å². The predicted octanol–water partition coefficient (Wildman–Crippen LogP) is 4.72. The molecule has 9 nitrogen and oxygen atoms in total. The van der Waals surface area contributed by atoms with Crippen LogP contribution in [0.2, 0.25) is 0 Å². The number of unbranched alkanes of at least 4 members (excludes halogenated alkanes) is 4. The molecule has 0 bridgehead atoms. The van der Waals surface area contributed by atoms with Crippen LogP contribution >= 0.6 is 0 Å². The van der Waals surface area contributed by atoms with E-state index in [0.717, 1.165) is 32.1 Å². The van der Waals surface area contributed by atoms with Gasteiger partial charge in [-0.3, -0.25) is 9.68 Å². The Morgan fingerprint density at radius 3 is 1.21 bits per heavy atom. The van der Waals surface area contributed by atoms with Crippen LogP contribution in [0.1, 0.15) is 68.1 Å². The van der Waals surface area contributed by atoms with E-state index in [9.17, 15) is 10.0 Å². The molecular weight excluding hydrogens is 651 g/mol. The summed E-state index contributed by atoms with van der Waals surface area (Å²) in [4.78, 5) is 10.7. The molecule has 2 aromatic heterocycles.